The number of carbonyl (C=O) groups is 1. The fraction of sp³-hybridized carbons (Fsp3) is 0.125. The van der Waals surface area contributed by atoms with E-state index in [1.807, 2.05) is 30.5 Å². The summed E-state index contributed by atoms with van der Waals surface area (Å²) in [6.07, 6.45) is 0. The highest BCUT2D eigenvalue weighted by molar-refractivity contribution is 9.10. The zero-order valence-electron chi connectivity index (χ0n) is 11.6. The van der Waals surface area contributed by atoms with Crippen molar-refractivity contribution in [2.75, 3.05) is 0 Å². The third kappa shape index (κ3) is 2.34. The molecule has 0 fully saturated rings. The van der Waals surface area contributed by atoms with Gasteiger partial charge in [0.15, 0.2) is 0 Å². The van der Waals surface area contributed by atoms with Crippen molar-refractivity contribution in [1.29, 1.82) is 0 Å². The van der Waals surface area contributed by atoms with Crippen LogP contribution in [0.15, 0.2) is 40.9 Å². The Hall–Kier alpha value is -2.14. The summed E-state index contributed by atoms with van der Waals surface area (Å²) in [4.78, 5) is 15.5. The first-order valence-corrected chi connectivity index (χ1v) is 7.25. The lowest BCUT2D eigenvalue weighted by atomic mass is 10.2. The van der Waals surface area contributed by atoms with Gasteiger partial charge in [0.25, 0.3) is 0 Å². The zero-order valence-corrected chi connectivity index (χ0v) is 13.2. The predicted molar refractivity (Wildman–Crippen MR) is 85.2 cm³/mol. The molecule has 0 spiro atoms. The van der Waals surface area contributed by atoms with Crippen molar-refractivity contribution in [3.63, 3.8) is 0 Å². The number of aromatic nitrogens is 2. The van der Waals surface area contributed by atoms with Crippen molar-refractivity contribution < 1.29 is 9.90 Å². The van der Waals surface area contributed by atoms with E-state index in [-0.39, 0.29) is 5.56 Å². The second kappa shape index (κ2) is 5.00. The third-order valence-corrected chi connectivity index (χ3v) is 4.08. The predicted octanol–water partition coefficient (Wildman–Crippen LogP) is 4.10. The number of hydrogen-bond acceptors (Lipinski definition) is 2. The maximum atomic E-state index is 11.1. The Bertz CT molecular complexity index is 868. The Morgan fingerprint density at radius 3 is 2.67 bits per heavy atom. The molecule has 3 aromatic rings. The highest BCUT2D eigenvalue weighted by atomic mass is 79.9. The summed E-state index contributed by atoms with van der Waals surface area (Å²) < 4.78 is 3.00. The zero-order chi connectivity index (χ0) is 15.1. The smallest absolute Gasteiger partial charge is 0.335 e. The van der Waals surface area contributed by atoms with Gasteiger partial charge in [-0.1, -0.05) is 6.07 Å². The van der Waals surface area contributed by atoms with Gasteiger partial charge in [-0.3, -0.25) is 4.57 Å². The first-order valence-electron chi connectivity index (χ1n) is 6.46. The Labute approximate surface area is 130 Å². The first-order chi connectivity index (χ1) is 9.97. The van der Waals surface area contributed by atoms with E-state index in [2.05, 4.69) is 27.0 Å². The van der Waals surface area contributed by atoms with E-state index in [0.29, 0.717) is 5.52 Å². The molecule has 1 heterocycles. The Morgan fingerprint density at radius 1 is 1.19 bits per heavy atom. The number of hydrogen-bond donors (Lipinski definition) is 1. The number of fused-ring (bicyclic) bond motifs is 1. The average molecular weight is 345 g/mol. The van der Waals surface area contributed by atoms with Crippen LogP contribution in [-0.4, -0.2) is 20.6 Å². The number of carboxylic acid groups (broad SMARTS) is 1. The summed E-state index contributed by atoms with van der Waals surface area (Å²) in [6.45, 7) is 3.95. The SMILES string of the molecule is Cc1ccc(Br)c(-n2c(C)nc3cc(C(=O)O)ccc32)c1. The van der Waals surface area contributed by atoms with Crippen LogP contribution >= 0.6 is 15.9 Å². The highest BCUT2D eigenvalue weighted by Gasteiger charge is 2.14. The molecule has 0 saturated carbocycles. The van der Waals surface area contributed by atoms with E-state index in [4.69, 9.17) is 5.11 Å². The van der Waals surface area contributed by atoms with Crippen molar-refractivity contribution in [1.82, 2.24) is 9.55 Å². The summed E-state index contributed by atoms with van der Waals surface area (Å²) >= 11 is 3.57. The summed E-state index contributed by atoms with van der Waals surface area (Å²) in [6, 6.07) is 11.1. The summed E-state index contributed by atoms with van der Waals surface area (Å²) in [5.41, 5.74) is 3.97. The Kier molecular flexibility index (Phi) is 3.29. The topological polar surface area (TPSA) is 55.1 Å². The number of imidazole rings is 1. The van der Waals surface area contributed by atoms with Gasteiger partial charge >= 0.3 is 5.97 Å². The van der Waals surface area contributed by atoms with Gasteiger partial charge in [-0.25, -0.2) is 9.78 Å². The van der Waals surface area contributed by atoms with Crippen molar-refractivity contribution in [2.24, 2.45) is 0 Å². The lowest BCUT2D eigenvalue weighted by Crippen LogP contribution is -1.99. The van der Waals surface area contributed by atoms with Gasteiger partial charge < -0.3 is 5.11 Å². The molecule has 5 heteroatoms. The number of nitrogens with zero attached hydrogens (tertiary/aromatic N) is 2. The van der Waals surface area contributed by atoms with E-state index in [0.717, 1.165) is 27.1 Å². The van der Waals surface area contributed by atoms with Gasteiger partial charge in [0.2, 0.25) is 0 Å². The number of aromatic carboxylic acids is 1. The molecule has 0 unspecified atom stereocenters. The van der Waals surface area contributed by atoms with Crippen molar-refractivity contribution in [2.45, 2.75) is 13.8 Å². The molecule has 21 heavy (non-hydrogen) atoms. The van der Waals surface area contributed by atoms with Crippen LogP contribution in [-0.2, 0) is 0 Å². The average Bonchev–Trinajstić information content (AvgIpc) is 2.76. The van der Waals surface area contributed by atoms with E-state index in [1.165, 1.54) is 0 Å². The molecule has 106 valence electrons. The van der Waals surface area contributed by atoms with Gasteiger partial charge in [-0.05, 0) is 65.7 Å². The number of halogens is 1. The van der Waals surface area contributed by atoms with E-state index >= 15 is 0 Å². The number of rotatable bonds is 2. The second-order valence-electron chi connectivity index (χ2n) is 4.96. The third-order valence-electron chi connectivity index (χ3n) is 3.41. The van der Waals surface area contributed by atoms with Crippen LogP contribution < -0.4 is 0 Å². The van der Waals surface area contributed by atoms with Gasteiger partial charge in [0.05, 0.1) is 22.3 Å². The summed E-state index contributed by atoms with van der Waals surface area (Å²) in [5, 5.41) is 9.08. The molecule has 1 aromatic heterocycles. The van der Waals surface area contributed by atoms with Crippen molar-refractivity contribution in [3.8, 4) is 5.69 Å². The largest absolute Gasteiger partial charge is 0.478 e. The molecule has 0 aliphatic heterocycles. The molecule has 4 nitrogen and oxygen atoms in total. The van der Waals surface area contributed by atoms with E-state index in [1.54, 1.807) is 18.2 Å². The van der Waals surface area contributed by atoms with E-state index < -0.39 is 5.97 Å². The van der Waals surface area contributed by atoms with Crippen molar-refractivity contribution >= 4 is 32.9 Å². The minimum atomic E-state index is -0.944. The van der Waals surface area contributed by atoms with Crippen LogP contribution in [0, 0.1) is 13.8 Å². The molecule has 0 radical (unpaired) electrons. The first kappa shape index (κ1) is 13.8. The van der Waals surface area contributed by atoms with Gasteiger partial charge in [-0.2, -0.15) is 0 Å². The normalized spacial score (nSPS) is 11.0. The Morgan fingerprint density at radius 2 is 1.95 bits per heavy atom. The van der Waals surface area contributed by atoms with Gasteiger partial charge in [0, 0.05) is 4.47 Å². The maximum absolute atomic E-state index is 11.1. The fourth-order valence-corrected chi connectivity index (χ4v) is 2.86. The van der Waals surface area contributed by atoms with Crippen LogP contribution in [0.1, 0.15) is 21.7 Å². The molecule has 0 saturated heterocycles. The molecule has 0 aliphatic rings. The molecule has 0 bridgehead atoms. The van der Waals surface area contributed by atoms with Crippen molar-refractivity contribution in [3.05, 3.63) is 57.8 Å². The molecule has 0 aliphatic carbocycles. The molecule has 0 atom stereocenters. The molecular weight excluding hydrogens is 332 g/mol. The maximum Gasteiger partial charge on any atom is 0.335 e. The molecule has 3 rings (SSSR count). The van der Waals surface area contributed by atoms with Crippen LogP contribution in [0.3, 0.4) is 0 Å². The number of benzene rings is 2. The fourth-order valence-electron chi connectivity index (χ4n) is 2.43. The number of carboxylic acids is 1. The molecule has 0 amide bonds. The number of aryl methyl sites for hydroxylation is 2. The lowest BCUT2D eigenvalue weighted by Gasteiger charge is -2.10. The van der Waals surface area contributed by atoms with Crippen LogP contribution in [0.25, 0.3) is 16.7 Å². The quantitative estimate of drug-likeness (QED) is 0.761. The summed E-state index contributed by atoms with van der Waals surface area (Å²) in [7, 11) is 0. The van der Waals surface area contributed by atoms with Gasteiger partial charge in [0.1, 0.15) is 5.82 Å². The van der Waals surface area contributed by atoms with Crippen LogP contribution in [0.5, 0.6) is 0 Å². The standard InChI is InChI=1S/C16H13BrN2O2/c1-9-3-5-12(17)15(7-9)19-10(2)18-13-8-11(16(20)21)4-6-14(13)19/h3-8H,1-2H3,(H,20,21). The lowest BCUT2D eigenvalue weighted by molar-refractivity contribution is 0.0697. The minimum absolute atomic E-state index is 0.246. The molecule has 2 aromatic carbocycles. The second-order valence-corrected chi connectivity index (χ2v) is 5.81. The summed E-state index contributed by atoms with van der Waals surface area (Å²) in [5.74, 6) is -0.125. The van der Waals surface area contributed by atoms with Crippen LogP contribution in [0.2, 0.25) is 0 Å². The van der Waals surface area contributed by atoms with Crippen LogP contribution in [0.4, 0.5) is 0 Å². The molecule has 1 N–H and O–H groups in total. The Balaban J connectivity index is 2.30. The monoisotopic (exact) mass is 344 g/mol. The van der Waals surface area contributed by atoms with Gasteiger partial charge in [-0.15, -0.1) is 0 Å². The molecular formula is C16H13BrN2O2. The van der Waals surface area contributed by atoms with E-state index in [9.17, 15) is 4.79 Å². The minimum Gasteiger partial charge on any atom is -0.478 e. The highest BCUT2D eigenvalue weighted by Crippen LogP contribution is 2.28.